The minimum Gasteiger partial charge on any atom is -0.384 e. The van der Waals surface area contributed by atoms with Crippen LogP contribution < -0.4 is 10.2 Å². The summed E-state index contributed by atoms with van der Waals surface area (Å²) in [5, 5.41) is 22.3. The first-order chi connectivity index (χ1) is 16.0. The summed E-state index contributed by atoms with van der Waals surface area (Å²) >= 11 is 0. The van der Waals surface area contributed by atoms with E-state index in [9.17, 15) is 10.1 Å². The second-order valence-corrected chi connectivity index (χ2v) is 8.47. The fourth-order valence-corrected chi connectivity index (χ4v) is 4.17. The van der Waals surface area contributed by atoms with Gasteiger partial charge in [-0.3, -0.25) is 4.79 Å². The Kier molecular flexibility index (Phi) is 6.71. The maximum absolute atomic E-state index is 12.5. The molecule has 1 saturated carbocycles. The van der Waals surface area contributed by atoms with Crippen LogP contribution in [0.4, 0.5) is 17.3 Å². The molecule has 2 fully saturated rings. The molecule has 1 saturated heterocycles. The number of nitrogens with one attached hydrogen (secondary N) is 1. The smallest absolute Gasteiger partial charge is 0.225 e. The predicted octanol–water partition coefficient (Wildman–Crippen LogP) is 2.91. The Balaban J connectivity index is 1.58. The van der Waals surface area contributed by atoms with Crippen LogP contribution in [0, 0.1) is 22.7 Å². The first kappa shape index (κ1) is 22.5. The van der Waals surface area contributed by atoms with Crippen LogP contribution in [0.15, 0.2) is 24.4 Å². The maximum atomic E-state index is 12.5. The summed E-state index contributed by atoms with van der Waals surface area (Å²) in [6.07, 6.45) is 4.06. The number of nitrogens with zero attached hydrogens (tertiary/aromatic N) is 6. The first-order valence-electron chi connectivity index (χ1n) is 11.2. The fourth-order valence-electron chi connectivity index (χ4n) is 4.17. The number of methoxy groups -OCH3 is 1. The molecule has 1 amide bonds. The number of pyridine rings is 2. The lowest BCUT2D eigenvalue weighted by molar-refractivity contribution is -0.134. The average Bonchev–Trinajstić information content (AvgIpc) is 3.67. The molecule has 4 rings (SSSR count). The topological polar surface area (TPSA) is 118 Å². The highest BCUT2D eigenvalue weighted by molar-refractivity contribution is 5.77. The van der Waals surface area contributed by atoms with E-state index < -0.39 is 0 Å². The predicted molar refractivity (Wildman–Crippen MR) is 123 cm³/mol. The molecule has 2 aliphatic rings. The minimum absolute atomic E-state index is 0.0107. The van der Waals surface area contributed by atoms with Gasteiger partial charge in [0.05, 0.1) is 41.6 Å². The van der Waals surface area contributed by atoms with Crippen LogP contribution in [-0.2, 0) is 9.53 Å². The van der Waals surface area contributed by atoms with E-state index in [1.165, 1.54) is 0 Å². The quantitative estimate of drug-likeness (QED) is 0.691. The third-order valence-electron chi connectivity index (χ3n) is 6.04. The molecular formula is C24H27N7O2. The second-order valence-electron chi connectivity index (χ2n) is 8.47. The number of nitriles is 2. The van der Waals surface area contributed by atoms with Gasteiger partial charge in [0.2, 0.25) is 5.91 Å². The van der Waals surface area contributed by atoms with Gasteiger partial charge in [0.25, 0.3) is 0 Å². The Morgan fingerprint density at radius 1 is 1.27 bits per heavy atom. The van der Waals surface area contributed by atoms with Gasteiger partial charge in [-0.25, -0.2) is 9.97 Å². The van der Waals surface area contributed by atoms with E-state index in [2.05, 4.69) is 27.3 Å². The van der Waals surface area contributed by atoms with Gasteiger partial charge in [-0.05, 0) is 38.0 Å². The Hall–Kier alpha value is -3.69. The molecule has 9 heteroatoms. The van der Waals surface area contributed by atoms with Gasteiger partial charge in [0.1, 0.15) is 17.7 Å². The third-order valence-corrected chi connectivity index (χ3v) is 6.04. The normalized spacial score (nSPS) is 17.9. The summed E-state index contributed by atoms with van der Waals surface area (Å²) in [6.45, 7) is 4.25. The zero-order chi connectivity index (χ0) is 23.4. The van der Waals surface area contributed by atoms with Gasteiger partial charge in [-0.15, -0.1) is 0 Å². The number of amides is 1. The number of hydrogen-bond acceptors (Lipinski definition) is 8. The molecular weight excluding hydrogens is 418 g/mol. The van der Waals surface area contributed by atoms with E-state index in [4.69, 9.17) is 15.0 Å². The number of rotatable bonds is 7. The van der Waals surface area contributed by atoms with E-state index in [1.807, 2.05) is 17.9 Å². The van der Waals surface area contributed by atoms with E-state index in [0.717, 1.165) is 24.2 Å². The van der Waals surface area contributed by atoms with Crippen molar-refractivity contribution in [1.29, 1.82) is 10.5 Å². The van der Waals surface area contributed by atoms with Crippen LogP contribution in [-0.4, -0.2) is 60.2 Å². The Bertz CT molecular complexity index is 1120. The molecule has 3 heterocycles. The lowest BCUT2D eigenvalue weighted by atomic mass is 10.1. The minimum atomic E-state index is 0.0107. The summed E-state index contributed by atoms with van der Waals surface area (Å²) in [6, 6.07) is 9.57. The SMILES string of the molecule is COCCC(=O)N1CCN(c2nc(C3CC3)c(Nc3cc(C#N)ccn3)cc2C#N)C[C@H]1C. The summed E-state index contributed by atoms with van der Waals surface area (Å²) < 4.78 is 5.04. The Morgan fingerprint density at radius 3 is 2.76 bits per heavy atom. The Morgan fingerprint density at radius 2 is 2.09 bits per heavy atom. The first-order valence-corrected chi connectivity index (χ1v) is 11.2. The number of piperazine rings is 1. The molecule has 0 unspecified atom stereocenters. The van der Waals surface area contributed by atoms with E-state index in [0.29, 0.717) is 61.3 Å². The summed E-state index contributed by atoms with van der Waals surface area (Å²) in [7, 11) is 1.59. The van der Waals surface area contributed by atoms with Crippen LogP contribution in [0.1, 0.15) is 48.9 Å². The van der Waals surface area contributed by atoms with Crippen LogP contribution in [0.2, 0.25) is 0 Å². The van der Waals surface area contributed by atoms with E-state index in [1.54, 1.807) is 25.4 Å². The molecule has 170 valence electrons. The third kappa shape index (κ3) is 5.05. The highest BCUT2D eigenvalue weighted by Crippen LogP contribution is 2.44. The van der Waals surface area contributed by atoms with E-state index in [-0.39, 0.29) is 11.9 Å². The molecule has 1 aliphatic heterocycles. The van der Waals surface area contributed by atoms with Gasteiger partial charge in [-0.1, -0.05) is 0 Å². The second kappa shape index (κ2) is 9.85. The largest absolute Gasteiger partial charge is 0.384 e. The van der Waals surface area contributed by atoms with Crippen molar-refractivity contribution in [2.24, 2.45) is 0 Å². The highest BCUT2D eigenvalue weighted by Gasteiger charge is 2.33. The van der Waals surface area contributed by atoms with Gasteiger partial charge in [0, 0.05) is 44.9 Å². The van der Waals surface area contributed by atoms with Crippen molar-refractivity contribution in [3.63, 3.8) is 0 Å². The van der Waals surface area contributed by atoms with Crippen molar-refractivity contribution < 1.29 is 9.53 Å². The van der Waals surface area contributed by atoms with Crippen molar-refractivity contribution >= 4 is 23.2 Å². The van der Waals surface area contributed by atoms with E-state index >= 15 is 0 Å². The van der Waals surface area contributed by atoms with Crippen molar-refractivity contribution in [3.8, 4) is 12.1 Å². The zero-order valence-electron chi connectivity index (χ0n) is 18.9. The van der Waals surface area contributed by atoms with Crippen LogP contribution in [0.3, 0.4) is 0 Å². The molecule has 0 radical (unpaired) electrons. The monoisotopic (exact) mass is 445 g/mol. The molecule has 1 aliphatic carbocycles. The molecule has 2 aromatic rings. The van der Waals surface area contributed by atoms with Crippen LogP contribution in [0.25, 0.3) is 0 Å². The lowest BCUT2D eigenvalue weighted by Gasteiger charge is -2.41. The van der Waals surface area contributed by atoms with Gasteiger partial charge >= 0.3 is 0 Å². The number of aromatic nitrogens is 2. The number of hydrogen-bond donors (Lipinski definition) is 1. The molecule has 1 atom stereocenters. The number of anilines is 3. The van der Waals surface area contributed by atoms with Gasteiger partial charge in [-0.2, -0.15) is 10.5 Å². The number of carbonyl (C=O) groups is 1. The molecule has 0 bridgehead atoms. The molecule has 1 N–H and O–H groups in total. The zero-order valence-corrected chi connectivity index (χ0v) is 18.9. The highest BCUT2D eigenvalue weighted by atomic mass is 16.5. The van der Waals surface area contributed by atoms with Crippen molar-refractivity contribution in [1.82, 2.24) is 14.9 Å². The number of carbonyl (C=O) groups excluding carboxylic acids is 1. The van der Waals surface area contributed by atoms with Gasteiger partial charge in [0.15, 0.2) is 0 Å². The molecule has 2 aromatic heterocycles. The van der Waals surface area contributed by atoms with Gasteiger partial charge < -0.3 is 19.9 Å². The summed E-state index contributed by atoms with van der Waals surface area (Å²) in [5.74, 6) is 1.64. The molecule has 33 heavy (non-hydrogen) atoms. The van der Waals surface area contributed by atoms with Crippen LogP contribution in [0.5, 0.6) is 0 Å². The average molecular weight is 446 g/mol. The maximum Gasteiger partial charge on any atom is 0.225 e. The Labute approximate surface area is 193 Å². The number of ether oxygens (including phenoxy) is 1. The van der Waals surface area contributed by atoms with Crippen molar-refractivity contribution in [2.45, 2.75) is 38.1 Å². The fraction of sp³-hybridized carbons (Fsp3) is 0.458. The van der Waals surface area contributed by atoms with Crippen LogP contribution >= 0.6 is 0 Å². The standard InChI is InChI=1S/C24H27N7O2/c1-16-15-30(8-9-31(16)22(32)6-10-33-2)24-19(14-26)12-20(23(29-24)18-3-4-18)28-21-11-17(13-25)5-7-27-21/h5,7,11-12,16,18H,3-4,6,8-10,15H2,1-2H3,(H,27,28)/t16-/m1/s1. The molecule has 0 spiro atoms. The van der Waals surface area contributed by atoms with Crippen molar-refractivity contribution in [3.05, 3.63) is 41.2 Å². The molecule has 9 nitrogen and oxygen atoms in total. The lowest BCUT2D eigenvalue weighted by Crippen LogP contribution is -2.54. The summed E-state index contributed by atoms with van der Waals surface area (Å²) in [4.78, 5) is 25.7. The summed E-state index contributed by atoms with van der Waals surface area (Å²) in [5.41, 5.74) is 2.66. The molecule has 0 aromatic carbocycles. The van der Waals surface area contributed by atoms with Crippen molar-refractivity contribution in [2.75, 3.05) is 43.6 Å².